The summed E-state index contributed by atoms with van der Waals surface area (Å²) < 4.78 is 13.1. The van der Waals surface area contributed by atoms with Gasteiger partial charge in [-0.05, 0) is 27.6 Å². The van der Waals surface area contributed by atoms with Gasteiger partial charge in [-0.15, -0.1) is 11.3 Å². The largest absolute Gasteiger partial charge is 0.486 e. The van der Waals surface area contributed by atoms with Crippen molar-refractivity contribution in [1.82, 2.24) is 9.55 Å². The van der Waals surface area contributed by atoms with E-state index < -0.39 is 0 Å². The summed E-state index contributed by atoms with van der Waals surface area (Å²) in [7, 11) is 0. The normalized spacial score (nSPS) is 12.7. The van der Waals surface area contributed by atoms with Crippen LogP contribution in [0, 0.1) is 0 Å². The van der Waals surface area contributed by atoms with Crippen LogP contribution in [0.3, 0.4) is 0 Å². The van der Waals surface area contributed by atoms with Crippen molar-refractivity contribution in [3.05, 3.63) is 69.7 Å². The lowest BCUT2D eigenvalue weighted by atomic mass is 10.2. The number of aromatic nitrogens is 2. The molecule has 0 atom stereocenters. The number of amides is 1. The number of ether oxygens (including phenoxy) is 2. The maximum absolute atomic E-state index is 12.9. The van der Waals surface area contributed by atoms with Gasteiger partial charge in [0.25, 0.3) is 5.56 Å². The Labute approximate surface area is 189 Å². The average molecular weight is 498 g/mol. The maximum atomic E-state index is 12.9. The second-order valence-corrected chi connectivity index (χ2v) is 8.78. The van der Waals surface area contributed by atoms with E-state index in [0.717, 1.165) is 10.4 Å². The summed E-state index contributed by atoms with van der Waals surface area (Å²) in [5, 5.41) is 3.31. The zero-order valence-electron chi connectivity index (χ0n) is 16.1. The molecule has 0 bridgehead atoms. The molecule has 1 N–H and O–H groups in total. The minimum absolute atomic E-state index is 0.154. The molecular weight excluding hydrogens is 482 g/mol. The van der Waals surface area contributed by atoms with Crippen LogP contribution in [0.1, 0.15) is 0 Å². The Kier molecular flexibility index (Phi) is 5.21. The Balaban J connectivity index is 1.38. The molecule has 0 radical (unpaired) electrons. The number of carbonyl (C=O) groups excluding carboxylic acids is 1. The Hall–Kier alpha value is -3.17. The van der Waals surface area contributed by atoms with E-state index in [1.165, 1.54) is 22.2 Å². The van der Waals surface area contributed by atoms with Crippen molar-refractivity contribution in [1.29, 1.82) is 0 Å². The molecule has 0 aliphatic carbocycles. The summed E-state index contributed by atoms with van der Waals surface area (Å²) in [6.07, 6.45) is 1.41. The first-order valence-electron chi connectivity index (χ1n) is 9.52. The third-order valence-electron chi connectivity index (χ3n) is 4.80. The van der Waals surface area contributed by atoms with E-state index in [1.54, 1.807) is 12.1 Å². The molecule has 2 aromatic heterocycles. The third-order valence-corrected chi connectivity index (χ3v) is 6.54. The number of hydrogen-bond acceptors (Lipinski definition) is 6. The fraction of sp³-hybridized carbons (Fsp3) is 0.136. The number of anilines is 1. The van der Waals surface area contributed by atoms with Crippen LogP contribution in [0.5, 0.6) is 11.5 Å². The molecule has 7 nitrogen and oxygen atoms in total. The first-order chi connectivity index (χ1) is 15.1. The lowest BCUT2D eigenvalue weighted by Crippen LogP contribution is -2.27. The number of rotatable bonds is 4. The van der Waals surface area contributed by atoms with Crippen molar-refractivity contribution in [3.8, 4) is 21.9 Å². The maximum Gasteiger partial charge on any atom is 0.262 e. The van der Waals surface area contributed by atoms with Gasteiger partial charge in [0, 0.05) is 21.5 Å². The van der Waals surface area contributed by atoms with Crippen molar-refractivity contribution >= 4 is 49.1 Å². The van der Waals surface area contributed by atoms with Gasteiger partial charge in [-0.2, -0.15) is 0 Å². The number of hydrogen-bond donors (Lipinski definition) is 1. The van der Waals surface area contributed by atoms with Gasteiger partial charge in [-0.25, -0.2) is 4.98 Å². The number of benzene rings is 2. The minimum atomic E-state index is -0.348. The Morgan fingerprint density at radius 2 is 1.87 bits per heavy atom. The number of carbonyl (C=O) groups is 1. The van der Waals surface area contributed by atoms with Gasteiger partial charge in [-0.1, -0.05) is 30.3 Å². The van der Waals surface area contributed by atoms with E-state index in [4.69, 9.17) is 9.47 Å². The number of thiophene rings is 1. The molecule has 0 fully saturated rings. The number of fused-ring (bicyclic) bond motifs is 2. The summed E-state index contributed by atoms with van der Waals surface area (Å²) in [6.45, 7) is 0.784. The van der Waals surface area contributed by atoms with Crippen LogP contribution in [0.4, 0.5) is 5.69 Å². The zero-order chi connectivity index (χ0) is 21.4. The molecular formula is C22H16BrN3O4S. The smallest absolute Gasteiger partial charge is 0.262 e. The van der Waals surface area contributed by atoms with E-state index in [0.29, 0.717) is 45.1 Å². The number of halogens is 1. The van der Waals surface area contributed by atoms with Crippen LogP contribution in [0.2, 0.25) is 0 Å². The molecule has 0 saturated carbocycles. The summed E-state index contributed by atoms with van der Waals surface area (Å²) in [5.74, 6) is 0.838. The molecule has 1 aliphatic heterocycles. The van der Waals surface area contributed by atoms with Crippen molar-refractivity contribution in [2.45, 2.75) is 6.54 Å². The second-order valence-electron chi connectivity index (χ2n) is 6.90. The molecule has 1 amide bonds. The Morgan fingerprint density at radius 3 is 2.65 bits per heavy atom. The van der Waals surface area contributed by atoms with Gasteiger partial charge in [0.05, 0.1) is 17.4 Å². The van der Waals surface area contributed by atoms with Gasteiger partial charge in [-0.3, -0.25) is 14.2 Å². The fourth-order valence-electron chi connectivity index (χ4n) is 3.32. The van der Waals surface area contributed by atoms with Gasteiger partial charge in [0.2, 0.25) is 5.91 Å². The number of nitrogens with one attached hydrogen (secondary N) is 1. The van der Waals surface area contributed by atoms with Gasteiger partial charge >= 0.3 is 0 Å². The van der Waals surface area contributed by atoms with Crippen LogP contribution in [-0.4, -0.2) is 28.7 Å². The molecule has 0 unspecified atom stereocenters. The third kappa shape index (κ3) is 3.94. The standard InChI is InChI=1S/C22H16BrN3O4S/c23-15-9-17-18(30-7-6-29-17)10-16(15)25-20(27)11-26-12-24-21-14(22(26)28)8-19(31-21)13-4-2-1-3-5-13/h1-5,8-10,12H,6-7,11H2,(H,25,27). The van der Waals surface area contributed by atoms with Crippen LogP contribution in [-0.2, 0) is 11.3 Å². The molecule has 1 aliphatic rings. The van der Waals surface area contributed by atoms with E-state index in [1.807, 2.05) is 36.4 Å². The van der Waals surface area contributed by atoms with Crippen molar-refractivity contribution in [2.75, 3.05) is 18.5 Å². The molecule has 3 heterocycles. The lowest BCUT2D eigenvalue weighted by Gasteiger charge is -2.20. The van der Waals surface area contributed by atoms with E-state index >= 15 is 0 Å². The highest BCUT2D eigenvalue weighted by Gasteiger charge is 2.17. The predicted octanol–water partition coefficient (Wildman–Crippen LogP) is 4.30. The van der Waals surface area contributed by atoms with E-state index in [2.05, 4.69) is 26.2 Å². The van der Waals surface area contributed by atoms with Crippen LogP contribution in [0.15, 0.2) is 64.1 Å². The molecule has 4 aromatic rings. The van der Waals surface area contributed by atoms with Crippen molar-refractivity contribution in [2.24, 2.45) is 0 Å². The van der Waals surface area contributed by atoms with Gasteiger partial charge in [0.1, 0.15) is 24.6 Å². The molecule has 5 rings (SSSR count). The Bertz CT molecular complexity index is 1350. The molecule has 2 aromatic carbocycles. The predicted molar refractivity (Wildman–Crippen MR) is 123 cm³/mol. The van der Waals surface area contributed by atoms with Gasteiger partial charge in [0.15, 0.2) is 11.5 Å². The first-order valence-corrected chi connectivity index (χ1v) is 11.1. The highest BCUT2D eigenvalue weighted by Crippen LogP contribution is 2.38. The zero-order valence-corrected chi connectivity index (χ0v) is 18.5. The first kappa shape index (κ1) is 19.8. The molecule has 0 saturated heterocycles. The Morgan fingerprint density at radius 1 is 1.13 bits per heavy atom. The van der Waals surface area contributed by atoms with E-state index in [-0.39, 0.29) is 18.0 Å². The minimum Gasteiger partial charge on any atom is -0.486 e. The van der Waals surface area contributed by atoms with E-state index in [9.17, 15) is 9.59 Å². The summed E-state index contributed by atoms with van der Waals surface area (Å²) >= 11 is 4.88. The second kappa shape index (κ2) is 8.16. The summed E-state index contributed by atoms with van der Waals surface area (Å²) in [4.78, 5) is 31.5. The highest BCUT2D eigenvalue weighted by atomic mass is 79.9. The van der Waals surface area contributed by atoms with Crippen LogP contribution in [0.25, 0.3) is 20.7 Å². The SMILES string of the molecule is O=C(Cn1cnc2sc(-c3ccccc3)cc2c1=O)Nc1cc2c(cc1Br)OCCO2. The van der Waals surface area contributed by atoms with Crippen LogP contribution >= 0.6 is 27.3 Å². The van der Waals surface area contributed by atoms with Gasteiger partial charge < -0.3 is 14.8 Å². The number of nitrogens with zero attached hydrogens (tertiary/aromatic N) is 2. The molecule has 156 valence electrons. The molecule has 0 spiro atoms. The van der Waals surface area contributed by atoms with Crippen molar-refractivity contribution < 1.29 is 14.3 Å². The summed E-state index contributed by atoms with van der Waals surface area (Å²) in [5.41, 5.74) is 1.32. The van der Waals surface area contributed by atoms with Crippen LogP contribution < -0.4 is 20.3 Å². The summed E-state index contributed by atoms with van der Waals surface area (Å²) in [6, 6.07) is 15.1. The topological polar surface area (TPSA) is 82.5 Å². The highest BCUT2D eigenvalue weighted by molar-refractivity contribution is 9.10. The quantitative estimate of drug-likeness (QED) is 0.454. The monoisotopic (exact) mass is 497 g/mol. The fourth-order valence-corrected chi connectivity index (χ4v) is 4.74. The van der Waals surface area contributed by atoms with Crippen molar-refractivity contribution in [3.63, 3.8) is 0 Å². The molecule has 9 heteroatoms. The lowest BCUT2D eigenvalue weighted by molar-refractivity contribution is -0.116. The molecule has 31 heavy (non-hydrogen) atoms. The average Bonchev–Trinajstić information content (AvgIpc) is 3.22.